The van der Waals surface area contributed by atoms with Gasteiger partial charge in [0.2, 0.25) is 0 Å². The van der Waals surface area contributed by atoms with Crippen LogP contribution in [0.15, 0.2) is 41.4 Å². The quantitative estimate of drug-likeness (QED) is 0.849. The number of anilines is 1. The zero-order chi connectivity index (χ0) is 15.0. The number of hydrogen-bond donors (Lipinski definition) is 1. The van der Waals surface area contributed by atoms with Crippen molar-refractivity contribution in [1.29, 1.82) is 0 Å². The van der Waals surface area contributed by atoms with Gasteiger partial charge in [0.25, 0.3) is 0 Å². The molecule has 0 heterocycles. The molecule has 0 aliphatic heterocycles. The second kappa shape index (κ2) is 5.36. The molecule has 108 valence electrons. The number of allylic oxidation sites excluding steroid dienone is 1. The third-order valence-corrected chi connectivity index (χ3v) is 3.60. The summed E-state index contributed by atoms with van der Waals surface area (Å²) in [5.74, 6) is 0. The molecular formula is C19H22N2. The van der Waals surface area contributed by atoms with Gasteiger partial charge in [-0.2, -0.15) is 0 Å². The van der Waals surface area contributed by atoms with Gasteiger partial charge in [-0.1, -0.05) is 30.3 Å². The van der Waals surface area contributed by atoms with Crippen LogP contribution in [-0.4, -0.2) is 17.8 Å². The summed E-state index contributed by atoms with van der Waals surface area (Å²) in [5.41, 5.74) is 4.77. The molecule has 0 atom stereocenters. The van der Waals surface area contributed by atoms with Crippen LogP contribution in [0.1, 0.15) is 38.8 Å². The van der Waals surface area contributed by atoms with E-state index in [-0.39, 0.29) is 6.04 Å². The second-order valence-electron chi connectivity index (χ2n) is 6.17. The molecule has 0 bridgehead atoms. The smallest absolute Gasteiger partial charge is 0.0677 e. The average Bonchev–Trinajstić information content (AvgIpc) is 2.42. The minimum atomic E-state index is 0.289. The monoisotopic (exact) mass is 278 g/mol. The Morgan fingerprint density at radius 1 is 0.952 bits per heavy atom. The Hall–Kier alpha value is -2.09. The van der Waals surface area contributed by atoms with Crippen molar-refractivity contribution in [1.82, 2.24) is 0 Å². The number of nitrogens with zero attached hydrogens (tertiary/aromatic N) is 1. The van der Waals surface area contributed by atoms with Crippen LogP contribution in [0.3, 0.4) is 0 Å². The Kier molecular flexibility index (Phi) is 3.54. The predicted octanol–water partition coefficient (Wildman–Crippen LogP) is 4.88. The molecule has 2 aromatic rings. The van der Waals surface area contributed by atoms with Crippen molar-refractivity contribution in [2.24, 2.45) is 4.99 Å². The number of aliphatic imine (C=N–C) groups is 1. The van der Waals surface area contributed by atoms with E-state index in [0.29, 0.717) is 6.04 Å². The average molecular weight is 278 g/mol. The highest BCUT2D eigenvalue weighted by Gasteiger charge is 2.18. The largest absolute Gasteiger partial charge is 0.382 e. The summed E-state index contributed by atoms with van der Waals surface area (Å²) >= 11 is 0. The highest BCUT2D eigenvalue weighted by Crippen LogP contribution is 2.34. The van der Waals surface area contributed by atoms with Gasteiger partial charge in [-0.05, 0) is 50.8 Å². The van der Waals surface area contributed by atoms with Crippen LogP contribution in [0.25, 0.3) is 16.8 Å². The molecule has 0 saturated carbocycles. The van der Waals surface area contributed by atoms with E-state index >= 15 is 0 Å². The molecule has 1 aliphatic carbocycles. The molecule has 2 aromatic carbocycles. The van der Waals surface area contributed by atoms with E-state index in [4.69, 9.17) is 4.99 Å². The van der Waals surface area contributed by atoms with E-state index in [1.54, 1.807) is 0 Å². The zero-order valence-corrected chi connectivity index (χ0v) is 13.1. The number of benzene rings is 2. The lowest BCUT2D eigenvalue weighted by molar-refractivity contribution is 0.837. The van der Waals surface area contributed by atoms with Gasteiger partial charge in [-0.3, -0.25) is 4.99 Å². The van der Waals surface area contributed by atoms with Gasteiger partial charge in [0.15, 0.2) is 0 Å². The normalized spacial score (nSPS) is 15.4. The lowest BCUT2D eigenvalue weighted by Crippen LogP contribution is -2.15. The molecule has 0 radical (unpaired) electrons. The summed E-state index contributed by atoms with van der Waals surface area (Å²) in [5, 5.41) is 6.15. The third-order valence-electron chi connectivity index (χ3n) is 3.60. The van der Waals surface area contributed by atoms with E-state index in [2.05, 4.69) is 75.5 Å². The summed E-state index contributed by atoms with van der Waals surface area (Å²) in [6.07, 6.45) is 4.32. The molecular weight excluding hydrogens is 256 g/mol. The maximum absolute atomic E-state index is 4.82. The molecule has 1 aliphatic rings. The number of rotatable bonds is 3. The summed E-state index contributed by atoms with van der Waals surface area (Å²) in [7, 11) is 0. The first kappa shape index (κ1) is 13.9. The van der Waals surface area contributed by atoms with Gasteiger partial charge < -0.3 is 5.32 Å². The minimum Gasteiger partial charge on any atom is -0.382 e. The summed E-state index contributed by atoms with van der Waals surface area (Å²) in [4.78, 5) is 4.82. The van der Waals surface area contributed by atoms with Crippen LogP contribution < -0.4 is 5.32 Å². The van der Waals surface area contributed by atoms with Gasteiger partial charge in [-0.25, -0.2) is 0 Å². The molecule has 0 aromatic heterocycles. The van der Waals surface area contributed by atoms with Crippen molar-refractivity contribution in [3.8, 4) is 0 Å². The molecule has 1 N–H and O–H groups in total. The maximum Gasteiger partial charge on any atom is 0.0677 e. The topological polar surface area (TPSA) is 24.4 Å². The Balaban J connectivity index is 2.31. The van der Waals surface area contributed by atoms with E-state index in [9.17, 15) is 0 Å². The van der Waals surface area contributed by atoms with E-state index in [0.717, 1.165) is 5.71 Å². The predicted molar refractivity (Wildman–Crippen MR) is 93.4 cm³/mol. The minimum absolute atomic E-state index is 0.289. The Morgan fingerprint density at radius 2 is 1.76 bits per heavy atom. The first-order valence-corrected chi connectivity index (χ1v) is 7.65. The van der Waals surface area contributed by atoms with E-state index in [1.807, 2.05) is 0 Å². The Labute approximate surface area is 126 Å². The molecule has 2 heteroatoms. The van der Waals surface area contributed by atoms with Crippen molar-refractivity contribution in [3.05, 3.63) is 47.5 Å². The van der Waals surface area contributed by atoms with Crippen molar-refractivity contribution >= 4 is 28.2 Å². The third kappa shape index (κ3) is 2.58. The highest BCUT2D eigenvalue weighted by molar-refractivity contribution is 6.25. The first-order valence-electron chi connectivity index (χ1n) is 7.65. The number of nitrogens with one attached hydrogen (secondary N) is 1. The van der Waals surface area contributed by atoms with Crippen LogP contribution in [-0.2, 0) is 0 Å². The Morgan fingerprint density at radius 3 is 2.48 bits per heavy atom. The van der Waals surface area contributed by atoms with Crippen molar-refractivity contribution in [2.75, 3.05) is 5.32 Å². The van der Waals surface area contributed by atoms with Crippen LogP contribution >= 0.6 is 0 Å². The fourth-order valence-electron chi connectivity index (χ4n) is 2.88. The van der Waals surface area contributed by atoms with E-state index in [1.165, 1.54) is 27.6 Å². The van der Waals surface area contributed by atoms with Crippen LogP contribution in [0.4, 0.5) is 5.69 Å². The molecule has 21 heavy (non-hydrogen) atoms. The van der Waals surface area contributed by atoms with Crippen LogP contribution in [0, 0.1) is 0 Å². The molecule has 0 fully saturated rings. The summed E-state index contributed by atoms with van der Waals surface area (Å²) < 4.78 is 0. The van der Waals surface area contributed by atoms with Gasteiger partial charge in [0.05, 0.1) is 5.71 Å². The van der Waals surface area contributed by atoms with Crippen molar-refractivity contribution < 1.29 is 0 Å². The SMILES string of the molecule is CC(C)N=C1C=Cc2cccc3ccc(NC(C)C)c1c23. The highest BCUT2D eigenvalue weighted by atomic mass is 14.9. The Bertz CT molecular complexity index is 737. The van der Waals surface area contributed by atoms with Gasteiger partial charge in [0, 0.05) is 28.7 Å². The fourth-order valence-corrected chi connectivity index (χ4v) is 2.88. The zero-order valence-electron chi connectivity index (χ0n) is 13.1. The first-order chi connectivity index (χ1) is 10.1. The molecule has 0 spiro atoms. The van der Waals surface area contributed by atoms with Crippen LogP contribution in [0.2, 0.25) is 0 Å². The lowest BCUT2D eigenvalue weighted by Gasteiger charge is -2.21. The maximum atomic E-state index is 4.82. The molecule has 2 nitrogen and oxygen atoms in total. The fraction of sp³-hybridized carbons (Fsp3) is 0.316. The molecule has 0 unspecified atom stereocenters. The lowest BCUT2D eigenvalue weighted by atomic mass is 9.90. The van der Waals surface area contributed by atoms with Crippen LogP contribution in [0.5, 0.6) is 0 Å². The summed E-state index contributed by atoms with van der Waals surface area (Å²) in [6, 6.07) is 11.5. The van der Waals surface area contributed by atoms with Gasteiger partial charge in [-0.15, -0.1) is 0 Å². The number of hydrogen-bond acceptors (Lipinski definition) is 2. The molecule has 0 saturated heterocycles. The van der Waals surface area contributed by atoms with Gasteiger partial charge in [0.1, 0.15) is 0 Å². The van der Waals surface area contributed by atoms with Gasteiger partial charge >= 0.3 is 0 Å². The molecule has 3 rings (SSSR count). The standard InChI is InChI=1S/C19H22N2/c1-12(2)20-16-10-8-14-6-5-7-15-9-11-17(21-13(3)4)19(16)18(14)15/h5-13,20H,1-4H3. The van der Waals surface area contributed by atoms with E-state index < -0.39 is 0 Å². The second-order valence-corrected chi connectivity index (χ2v) is 6.17. The van der Waals surface area contributed by atoms with Crippen molar-refractivity contribution in [2.45, 2.75) is 39.8 Å². The molecule has 0 amide bonds. The summed E-state index contributed by atoms with van der Waals surface area (Å²) in [6.45, 7) is 8.58. The van der Waals surface area contributed by atoms with Crippen molar-refractivity contribution in [3.63, 3.8) is 0 Å².